The second-order valence-corrected chi connectivity index (χ2v) is 7.54. The summed E-state index contributed by atoms with van der Waals surface area (Å²) in [4.78, 5) is 35.3. The van der Waals surface area contributed by atoms with Gasteiger partial charge in [0, 0.05) is 12.5 Å². The molecule has 0 spiro atoms. The second kappa shape index (κ2) is 12.1. The van der Waals surface area contributed by atoms with E-state index in [1.165, 1.54) is 6.08 Å². The van der Waals surface area contributed by atoms with Crippen LogP contribution >= 0.6 is 0 Å². The zero-order valence-electron chi connectivity index (χ0n) is 19.0. The topological polar surface area (TPSA) is 89.9 Å². The summed E-state index contributed by atoms with van der Waals surface area (Å²) in [6.07, 6.45) is 4.56. The quantitative estimate of drug-likeness (QED) is 0.263. The molecule has 35 heavy (non-hydrogen) atoms. The summed E-state index contributed by atoms with van der Waals surface area (Å²) < 4.78 is 10.2. The number of carbonyl (C=O) groups excluding carboxylic acids is 3. The fourth-order valence-corrected chi connectivity index (χ4v) is 3.03. The maximum atomic E-state index is 12.4. The number of allylic oxidation sites excluding steroid dienone is 1. The van der Waals surface area contributed by atoms with Gasteiger partial charge in [-0.05, 0) is 52.6 Å². The molecule has 0 aliphatic carbocycles. The lowest BCUT2D eigenvalue weighted by molar-refractivity contribution is -0.131. The number of hydrogen-bond donors (Lipinski definition) is 1. The average molecular weight is 469 g/mol. The van der Waals surface area contributed by atoms with Gasteiger partial charge in [0.15, 0.2) is 5.78 Å². The number of aliphatic hydroxyl groups is 1. The van der Waals surface area contributed by atoms with E-state index >= 15 is 0 Å². The summed E-state index contributed by atoms with van der Waals surface area (Å²) in [5.74, 6) is -0.496. The van der Waals surface area contributed by atoms with Crippen molar-refractivity contribution in [2.45, 2.75) is 6.42 Å². The van der Waals surface area contributed by atoms with Crippen molar-refractivity contribution < 1.29 is 29.0 Å². The number of esters is 2. The maximum absolute atomic E-state index is 12.4. The van der Waals surface area contributed by atoms with E-state index in [9.17, 15) is 14.4 Å². The van der Waals surface area contributed by atoms with Gasteiger partial charge in [-0.25, -0.2) is 9.59 Å². The number of ether oxygens (including phenoxy) is 2. The van der Waals surface area contributed by atoms with Crippen LogP contribution < -0.4 is 9.47 Å². The Morgan fingerprint density at radius 3 is 1.91 bits per heavy atom. The molecule has 3 rings (SSSR count). The van der Waals surface area contributed by atoms with Crippen molar-refractivity contribution >= 4 is 23.8 Å². The van der Waals surface area contributed by atoms with Crippen molar-refractivity contribution in [3.63, 3.8) is 0 Å². The van der Waals surface area contributed by atoms with Crippen molar-refractivity contribution in [1.29, 1.82) is 0 Å². The SMILES string of the molecule is C=CC(=O)Oc1ccc(-c2ccc(CC(=O)/C=C/c3ccc(OC(=O)C(=C)CO)cc3)cc2)cc1. The highest BCUT2D eigenvalue weighted by Gasteiger charge is 2.08. The minimum Gasteiger partial charge on any atom is -0.423 e. The predicted molar refractivity (Wildman–Crippen MR) is 134 cm³/mol. The van der Waals surface area contributed by atoms with Crippen LogP contribution in [-0.2, 0) is 20.8 Å². The molecule has 3 aromatic carbocycles. The average Bonchev–Trinajstić information content (AvgIpc) is 2.88. The smallest absolute Gasteiger partial charge is 0.341 e. The number of rotatable bonds is 10. The minimum absolute atomic E-state index is 0.0305. The summed E-state index contributed by atoms with van der Waals surface area (Å²) in [6, 6.07) is 21.4. The molecule has 0 bridgehead atoms. The number of hydrogen-bond acceptors (Lipinski definition) is 6. The zero-order valence-corrected chi connectivity index (χ0v) is 19.0. The third kappa shape index (κ3) is 7.48. The lowest BCUT2D eigenvalue weighted by atomic mass is 10.0. The number of carbonyl (C=O) groups is 3. The van der Waals surface area contributed by atoms with E-state index in [1.807, 2.05) is 36.4 Å². The van der Waals surface area contributed by atoms with Crippen molar-refractivity contribution in [2.75, 3.05) is 6.61 Å². The first-order valence-electron chi connectivity index (χ1n) is 10.7. The second-order valence-electron chi connectivity index (χ2n) is 7.54. The zero-order chi connectivity index (χ0) is 25.2. The molecule has 3 aromatic rings. The van der Waals surface area contributed by atoms with Crippen LogP contribution in [0.15, 0.2) is 104 Å². The van der Waals surface area contributed by atoms with Crippen LogP contribution in [0.2, 0.25) is 0 Å². The third-order valence-electron chi connectivity index (χ3n) is 4.94. The van der Waals surface area contributed by atoms with Gasteiger partial charge in [-0.3, -0.25) is 4.79 Å². The van der Waals surface area contributed by atoms with Crippen LogP contribution in [0, 0.1) is 0 Å². The van der Waals surface area contributed by atoms with Gasteiger partial charge in [0.05, 0.1) is 12.2 Å². The molecular formula is C29H24O6. The Kier molecular flexibility index (Phi) is 8.65. The Morgan fingerprint density at radius 1 is 0.800 bits per heavy atom. The number of benzene rings is 3. The molecule has 6 nitrogen and oxygen atoms in total. The summed E-state index contributed by atoms with van der Waals surface area (Å²) in [7, 11) is 0. The largest absolute Gasteiger partial charge is 0.423 e. The summed E-state index contributed by atoms with van der Waals surface area (Å²) in [6.45, 7) is 6.32. The minimum atomic E-state index is -0.692. The van der Waals surface area contributed by atoms with E-state index in [-0.39, 0.29) is 17.8 Å². The first-order valence-corrected chi connectivity index (χ1v) is 10.7. The number of ketones is 1. The monoisotopic (exact) mass is 468 g/mol. The highest BCUT2D eigenvalue weighted by atomic mass is 16.5. The standard InChI is InChI=1S/C29H24O6/c1-3-28(32)34-26-16-11-24(12-17-26)23-9-4-22(5-10-23)18-25(31)13-6-21-7-14-27(15-8-21)35-29(33)20(2)19-30/h3-17,30H,1-2,18-19H2/b13-6+. The fourth-order valence-electron chi connectivity index (χ4n) is 3.03. The summed E-state index contributed by atoms with van der Waals surface area (Å²) in [5.41, 5.74) is 3.55. The molecule has 0 atom stereocenters. The van der Waals surface area contributed by atoms with Gasteiger partial charge in [0.1, 0.15) is 11.5 Å². The van der Waals surface area contributed by atoms with E-state index in [4.69, 9.17) is 14.6 Å². The molecule has 1 N–H and O–H groups in total. The van der Waals surface area contributed by atoms with Gasteiger partial charge in [0.2, 0.25) is 0 Å². The normalized spacial score (nSPS) is 10.5. The van der Waals surface area contributed by atoms with Crippen molar-refractivity contribution in [3.8, 4) is 22.6 Å². The van der Waals surface area contributed by atoms with Gasteiger partial charge in [0.25, 0.3) is 0 Å². The molecule has 0 aliphatic heterocycles. The predicted octanol–water partition coefficient (Wildman–Crippen LogP) is 4.72. The van der Waals surface area contributed by atoms with Crippen molar-refractivity contribution in [2.24, 2.45) is 0 Å². The highest BCUT2D eigenvalue weighted by molar-refractivity contribution is 5.95. The molecule has 0 aromatic heterocycles. The Labute approximate surface area is 203 Å². The van der Waals surface area contributed by atoms with E-state index in [2.05, 4.69) is 13.2 Å². The molecule has 0 amide bonds. The van der Waals surface area contributed by atoms with Gasteiger partial charge in [-0.1, -0.05) is 67.8 Å². The molecule has 0 heterocycles. The molecule has 0 unspecified atom stereocenters. The van der Waals surface area contributed by atoms with Crippen LogP contribution in [-0.4, -0.2) is 29.4 Å². The fraction of sp³-hybridized carbons (Fsp3) is 0.0690. The highest BCUT2D eigenvalue weighted by Crippen LogP contribution is 2.23. The van der Waals surface area contributed by atoms with Crippen LogP contribution in [0.4, 0.5) is 0 Å². The van der Waals surface area contributed by atoms with Crippen LogP contribution in [0.25, 0.3) is 17.2 Å². The molecule has 0 fully saturated rings. The van der Waals surface area contributed by atoms with Gasteiger partial charge in [-0.15, -0.1) is 0 Å². The molecule has 0 aliphatic rings. The third-order valence-corrected chi connectivity index (χ3v) is 4.94. The molecular weight excluding hydrogens is 444 g/mol. The lowest BCUT2D eigenvalue weighted by Crippen LogP contribution is -2.12. The van der Waals surface area contributed by atoms with E-state index in [1.54, 1.807) is 42.5 Å². The maximum Gasteiger partial charge on any atom is 0.341 e. The first-order chi connectivity index (χ1) is 16.9. The van der Waals surface area contributed by atoms with E-state index in [0.29, 0.717) is 11.5 Å². The van der Waals surface area contributed by atoms with Crippen LogP contribution in [0.1, 0.15) is 11.1 Å². The Bertz CT molecular complexity index is 1250. The molecule has 176 valence electrons. The Balaban J connectivity index is 1.54. The lowest BCUT2D eigenvalue weighted by Gasteiger charge is -2.06. The van der Waals surface area contributed by atoms with Gasteiger partial charge < -0.3 is 14.6 Å². The molecule has 0 radical (unpaired) electrons. The van der Waals surface area contributed by atoms with Crippen LogP contribution in [0.5, 0.6) is 11.5 Å². The first kappa shape index (κ1) is 25.1. The molecule has 6 heteroatoms. The molecule has 0 saturated carbocycles. The summed E-state index contributed by atoms with van der Waals surface area (Å²) in [5, 5.41) is 8.90. The Hall–Kier alpha value is -4.55. The van der Waals surface area contributed by atoms with Gasteiger partial charge >= 0.3 is 11.9 Å². The van der Waals surface area contributed by atoms with E-state index in [0.717, 1.165) is 28.3 Å². The van der Waals surface area contributed by atoms with Crippen molar-refractivity contribution in [3.05, 3.63) is 115 Å². The Morgan fingerprint density at radius 2 is 1.34 bits per heavy atom. The summed E-state index contributed by atoms with van der Waals surface area (Å²) >= 11 is 0. The molecule has 0 saturated heterocycles. The van der Waals surface area contributed by atoms with Crippen molar-refractivity contribution in [1.82, 2.24) is 0 Å². The van der Waals surface area contributed by atoms with Crippen LogP contribution in [0.3, 0.4) is 0 Å². The van der Waals surface area contributed by atoms with E-state index < -0.39 is 18.5 Å². The van der Waals surface area contributed by atoms with Gasteiger partial charge in [-0.2, -0.15) is 0 Å². The number of aliphatic hydroxyl groups excluding tert-OH is 1.